The lowest BCUT2D eigenvalue weighted by atomic mass is 10.0. The molecule has 0 spiro atoms. The Morgan fingerprint density at radius 1 is 1.24 bits per heavy atom. The van der Waals surface area contributed by atoms with Gasteiger partial charge < -0.3 is 10.6 Å². The molecular formula is C10H16ClF3N2O. The van der Waals surface area contributed by atoms with Gasteiger partial charge in [-0.3, -0.25) is 4.79 Å². The molecule has 17 heavy (non-hydrogen) atoms. The first kappa shape index (κ1) is 14.6. The summed E-state index contributed by atoms with van der Waals surface area (Å²) in [6.45, 7) is 1.51. The number of alkyl halides is 3. The van der Waals surface area contributed by atoms with Gasteiger partial charge in [0.15, 0.2) is 0 Å². The number of nitrogens with one attached hydrogen (secondary N) is 2. The van der Waals surface area contributed by atoms with Crippen molar-refractivity contribution in [2.45, 2.75) is 37.9 Å². The van der Waals surface area contributed by atoms with Gasteiger partial charge in [-0.05, 0) is 38.8 Å². The molecular weight excluding hydrogens is 257 g/mol. The van der Waals surface area contributed by atoms with Gasteiger partial charge in [-0.25, -0.2) is 0 Å². The van der Waals surface area contributed by atoms with Crippen LogP contribution in [0, 0.1) is 5.41 Å². The molecule has 0 aromatic rings. The van der Waals surface area contributed by atoms with Crippen molar-refractivity contribution >= 4 is 18.3 Å². The van der Waals surface area contributed by atoms with Crippen LogP contribution in [0.2, 0.25) is 0 Å². The monoisotopic (exact) mass is 272 g/mol. The Hall–Kier alpha value is -0.490. The first-order chi connectivity index (χ1) is 7.46. The molecule has 2 aliphatic rings. The van der Waals surface area contributed by atoms with E-state index < -0.39 is 17.5 Å². The van der Waals surface area contributed by atoms with Gasteiger partial charge in [-0.15, -0.1) is 12.4 Å². The molecule has 0 aromatic carbocycles. The molecule has 0 atom stereocenters. The molecule has 2 N–H and O–H groups in total. The summed E-state index contributed by atoms with van der Waals surface area (Å²) in [7, 11) is 0. The van der Waals surface area contributed by atoms with E-state index in [4.69, 9.17) is 0 Å². The fourth-order valence-electron chi connectivity index (χ4n) is 2.05. The predicted molar refractivity (Wildman–Crippen MR) is 59.0 cm³/mol. The molecule has 1 heterocycles. The van der Waals surface area contributed by atoms with Gasteiger partial charge in [0, 0.05) is 6.04 Å². The van der Waals surface area contributed by atoms with Crippen LogP contribution in [0.15, 0.2) is 0 Å². The highest BCUT2D eigenvalue weighted by molar-refractivity contribution is 5.86. The van der Waals surface area contributed by atoms with Crippen molar-refractivity contribution in [3.05, 3.63) is 0 Å². The third-order valence-electron chi connectivity index (χ3n) is 3.40. The molecule has 100 valence electrons. The molecule has 0 radical (unpaired) electrons. The van der Waals surface area contributed by atoms with E-state index in [1.165, 1.54) is 0 Å². The van der Waals surface area contributed by atoms with Gasteiger partial charge in [0.25, 0.3) is 0 Å². The lowest BCUT2D eigenvalue weighted by Crippen LogP contribution is -2.48. The second-order valence-corrected chi connectivity index (χ2v) is 4.58. The summed E-state index contributed by atoms with van der Waals surface area (Å²) in [5, 5.41) is 5.63. The van der Waals surface area contributed by atoms with Crippen molar-refractivity contribution in [3.8, 4) is 0 Å². The number of amides is 1. The zero-order valence-electron chi connectivity index (χ0n) is 9.27. The SMILES string of the molecule is Cl.O=C(NC1CCNCC1)C1(C(F)(F)F)CC1. The number of halogens is 4. The molecule has 2 rings (SSSR count). The standard InChI is InChI=1S/C10H15F3N2O.ClH/c11-10(12,13)9(3-4-9)8(16)15-7-1-5-14-6-2-7;/h7,14H,1-6H2,(H,15,16);1H. The summed E-state index contributed by atoms with van der Waals surface area (Å²) in [5.41, 5.74) is -2.07. The highest BCUT2D eigenvalue weighted by Gasteiger charge is 2.68. The minimum atomic E-state index is -4.40. The van der Waals surface area contributed by atoms with Crippen molar-refractivity contribution < 1.29 is 18.0 Å². The Balaban J connectivity index is 0.00000144. The fourth-order valence-corrected chi connectivity index (χ4v) is 2.05. The number of carbonyl (C=O) groups is 1. The Kier molecular flexibility index (Phi) is 4.30. The van der Waals surface area contributed by atoms with Crippen LogP contribution in [0.5, 0.6) is 0 Å². The highest BCUT2D eigenvalue weighted by Crippen LogP contribution is 2.57. The molecule has 1 aliphatic carbocycles. The second-order valence-electron chi connectivity index (χ2n) is 4.58. The maximum absolute atomic E-state index is 12.6. The number of hydrogen-bond donors (Lipinski definition) is 2. The third kappa shape index (κ3) is 2.85. The lowest BCUT2D eigenvalue weighted by Gasteiger charge is -2.26. The minimum absolute atomic E-state index is 0. The summed E-state index contributed by atoms with van der Waals surface area (Å²) in [5.74, 6) is -0.827. The summed E-state index contributed by atoms with van der Waals surface area (Å²) < 4.78 is 37.9. The van der Waals surface area contributed by atoms with Crippen molar-refractivity contribution in [2.24, 2.45) is 5.41 Å². The van der Waals surface area contributed by atoms with E-state index in [9.17, 15) is 18.0 Å². The van der Waals surface area contributed by atoms with E-state index >= 15 is 0 Å². The zero-order valence-corrected chi connectivity index (χ0v) is 10.1. The van der Waals surface area contributed by atoms with Crippen LogP contribution < -0.4 is 10.6 Å². The van der Waals surface area contributed by atoms with E-state index in [1.807, 2.05) is 0 Å². The van der Waals surface area contributed by atoms with E-state index in [1.54, 1.807) is 0 Å². The average Bonchev–Trinajstić information content (AvgIpc) is 2.98. The Labute approximate surface area is 104 Å². The zero-order chi connectivity index (χ0) is 11.8. The Bertz CT molecular complexity index is 286. The first-order valence-electron chi connectivity index (χ1n) is 5.54. The second kappa shape index (κ2) is 5.02. The van der Waals surface area contributed by atoms with Crippen molar-refractivity contribution in [1.82, 2.24) is 10.6 Å². The van der Waals surface area contributed by atoms with E-state index in [2.05, 4.69) is 10.6 Å². The third-order valence-corrected chi connectivity index (χ3v) is 3.40. The average molecular weight is 273 g/mol. The smallest absolute Gasteiger partial charge is 0.352 e. The normalized spacial score (nSPS) is 23.7. The molecule has 1 saturated carbocycles. The summed E-state index contributed by atoms with van der Waals surface area (Å²) in [6, 6.07) is -0.103. The van der Waals surface area contributed by atoms with Crippen LogP contribution >= 0.6 is 12.4 Å². The molecule has 0 unspecified atom stereocenters. The summed E-state index contributed by atoms with van der Waals surface area (Å²) in [4.78, 5) is 11.6. The highest BCUT2D eigenvalue weighted by atomic mass is 35.5. The first-order valence-corrected chi connectivity index (χ1v) is 5.54. The number of hydrogen-bond acceptors (Lipinski definition) is 2. The van der Waals surface area contributed by atoms with Crippen molar-refractivity contribution in [2.75, 3.05) is 13.1 Å². The molecule has 0 bridgehead atoms. The van der Waals surface area contributed by atoms with Crippen LogP contribution in [0.3, 0.4) is 0 Å². The van der Waals surface area contributed by atoms with Crippen LogP contribution in [-0.4, -0.2) is 31.2 Å². The molecule has 1 saturated heterocycles. The number of rotatable bonds is 2. The fraction of sp³-hybridized carbons (Fsp3) is 0.900. The van der Waals surface area contributed by atoms with Crippen molar-refractivity contribution in [3.63, 3.8) is 0 Å². The predicted octanol–water partition coefficient (Wildman–Crippen LogP) is 1.62. The Morgan fingerprint density at radius 2 is 1.76 bits per heavy atom. The maximum atomic E-state index is 12.6. The van der Waals surface area contributed by atoms with Crippen LogP contribution in [0.25, 0.3) is 0 Å². The molecule has 1 aliphatic heterocycles. The molecule has 2 fully saturated rings. The maximum Gasteiger partial charge on any atom is 0.403 e. The molecule has 1 amide bonds. The number of piperidine rings is 1. The van der Waals surface area contributed by atoms with E-state index in [-0.39, 0.29) is 31.3 Å². The molecule has 7 heteroatoms. The quantitative estimate of drug-likeness (QED) is 0.802. The minimum Gasteiger partial charge on any atom is -0.352 e. The van der Waals surface area contributed by atoms with Crippen molar-refractivity contribution in [1.29, 1.82) is 0 Å². The van der Waals surface area contributed by atoms with Gasteiger partial charge in [0.2, 0.25) is 5.91 Å². The van der Waals surface area contributed by atoms with Crippen LogP contribution in [0.1, 0.15) is 25.7 Å². The van der Waals surface area contributed by atoms with Gasteiger partial charge >= 0.3 is 6.18 Å². The van der Waals surface area contributed by atoms with Gasteiger partial charge in [-0.2, -0.15) is 13.2 Å². The van der Waals surface area contributed by atoms with Crippen LogP contribution in [-0.2, 0) is 4.79 Å². The largest absolute Gasteiger partial charge is 0.403 e. The van der Waals surface area contributed by atoms with E-state index in [0.29, 0.717) is 12.8 Å². The molecule has 3 nitrogen and oxygen atoms in total. The lowest BCUT2D eigenvalue weighted by molar-refractivity contribution is -0.192. The number of carbonyl (C=O) groups excluding carboxylic acids is 1. The summed E-state index contributed by atoms with van der Waals surface area (Å²) in [6.07, 6.45) is -3.11. The van der Waals surface area contributed by atoms with E-state index in [0.717, 1.165) is 13.1 Å². The van der Waals surface area contributed by atoms with Gasteiger partial charge in [0.1, 0.15) is 5.41 Å². The molecule has 0 aromatic heterocycles. The van der Waals surface area contributed by atoms with Gasteiger partial charge in [0.05, 0.1) is 0 Å². The Morgan fingerprint density at radius 3 is 2.18 bits per heavy atom. The summed E-state index contributed by atoms with van der Waals surface area (Å²) >= 11 is 0. The van der Waals surface area contributed by atoms with Crippen LogP contribution in [0.4, 0.5) is 13.2 Å². The topological polar surface area (TPSA) is 41.1 Å². The van der Waals surface area contributed by atoms with Gasteiger partial charge in [-0.1, -0.05) is 0 Å².